The van der Waals surface area contributed by atoms with Crippen molar-refractivity contribution >= 4 is 22.6 Å². The van der Waals surface area contributed by atoms with Crippen LogP contribution in [-0.2, 0) is 0 Å². The quantitative estimate of drug-likeness (QED) is 0.753. The summed E-state index contributed by atoms with van der Waals surface area (Å²) in [6, 6.07) is 4.27. The summed E-state index contributed by atoms with van der Waals surface area (Å²) in [4.78, 5) is 0. The van der Waals surface area contributed by atoms with E-state index in [-0.39, 0.29) is 0 Å². The van der Waals surface area contributed by atoms with E-state index in [1.54, 1.807) is 0 Å². The minimum Gasteiger partial charge on any atom is -0.493 e. The third-order valence-electron chi connectivity index (χ3n) is 1.71. The number of hydrogen-bond donors (Lipinski definition) is 0. The van der Waals surface area contributed by atoms with Crippen molar-refractivity contribution < 1.29 is 4.74 Å². The van der Waals surface area contributed by atoms with Crippen LogP contribution in [-0.4, -0.2) is 6.61 Å². The van der Waals surface area contributed by atoms with Gasteiger partial charge in [0.05, 0.1) is 6.61 Å². The first-order valence-electron chi connectivity index (χ1n) is 4.04. The lowest BCUT2D eigenvalue weighted by Gasteiger charge is -2.10. The monoisotopic (exact) mass is 276 g/mol. The molecule has 1 aromatic carbocycles. The van der Waals surface area contributed by atoms with Crippen LogP contribution in [0.3, 0.4) is 0 Å². The van der Waals surface area contributed by atoms with E-state index in [9.17, 15) is 0 Å². The van der Waals surface area contributed by atoms with Gasteiger partial charge in [-0.25, -0.2) is 0 Å². The van der Waals surface area contributed by atoms with Gasteiger partial charge < -0.3 is 4.74 Å². The van der Waals surface area contributed by atoms with Crippen molar-refractivity contribution in [1.29, 1.82) is 0 Å². The van der Waals surface area contributed by atoms with Crippen LogP contribution in [0.1, 0.15) is 18.1 Å². The van der Waals surface area contributed by atoms with Gasteiger partial charge in [-0.15, -0.1) is 0 Å². The summed E-state index contributed by atoms with van der Waals surface area (Å²) in [5, 5.41) is 0. The Hall–Kier alpha value is -0.250. The number of rotatable bonds is 2. The molecule has 0 aliphatic carbocycles. The molecule has 0 saturated heterocycles. The lowest BCUT2D eigenvalue weighted by molar-refractivity contribution is 0.335. The summed E-state index contributed by atoms with van der Waals surface area (Å²) in [6.07, 6.45) is 0. The molecule has 0 N–H and O–H groups in total. The molecule has 0 saturated carbocycles. The van der Waals surface area contributed by atoms with Gasteiger partial charge in [0.25, 0.3) is 0 Å². The zero-order chi connectivity index (χ0) is 9.14. The number of aryl methyl sites for hydroxylation is 2. The Bertz CT molecular complexity index is 258. The zero-order valence-electron chi connectivity index (χ0n) is 7.65. The van der Waals surface area contributed by atoms with Gasteiger partial charge in [-0.3, -0.25) is 0 Å². The highest BCUT2D eigenvalue weighted by atomic mass is 127. The number of halogens is 1. The molecule has 0 spiro atoms. The maximum Gasteiger partial charge on any atom is 0.125 e. The van der Waals surface area contributed by atoms with Crippen LogP contribution in [0.5, 0.6) is 5.75 Å². The first kappa shape index (κ1) is 9.84. The molecule has 66 valence electrons. The largest absolute Gasteiger partial charge is 0.493 e. The van der Waals surface area contributed by atoms with E-state index in [2.05, 4.69) is 48.6 Å². The highest BCUT2D eigenvalue weighted by Gasteiger charge is 2.03. The van der Waals surface area contributed by atoms with Gasteiger partial charge in [0, 0.05) is 3.57 Å². The summed E-state index contributed by atoms with van der Waals surface area (Å²) in [5.41, 5.74) is 2.45. The molecule has 0 aliphatic rings. The zero-order valence-corrected chi connectivity index (χ0v) is 9.81. The van der Waals surface area contributed by atoms with Crippen molar-refractivity contribution in [2.45, 2.75) is 20.8 Å². The predicted octanol–water partition coefficient (Wildman–Crippen LogP) is 3.31. The van der Waals surface area contributed by atoms with Gasteiger partial charge >= 0.3 is 0 Å². The van der Waals surface area contributed by atoms with E-state index in [1.807, 2.05) is 6.92 Å². The number of hydrogen-bond acceptors (Lipinski definition) is 1. The Morgan fingerprint density at radius 2 is 1.75 bits per heavy atom. The molecule has 0 amide bonds. The van der Waals surface area contributed by atoms with Crippen molar-refractivity contribution in [3.8, 4) is 5.75 Å². The molecule has 12 heavy (non-hydrogen) atoms. The van der Waals surface area contributed by atoms with Crippen molar-refractivity contribution in [1.82, 2.24) is 0 Å². The minimum atomic E-state index is 0.738. The molecule has 0 aromatic heterocycles. The van der Waals surface area contributed by atoms with E-state index in [0.29, 0.717) is 0 Å². The Morgan fingerprint density at radius 3 is 2.17 bits per heavy atom. The van der Waals surface area contributed by atoms with E-state index in [1.165, 1.54) is 14.7 Å². The molecule has 0 radical (unpaired) electrons. The second kappa shape index (κ2) is 4.12. The van der Waals surface area contributed by atoms with Gasteiger partial charge in [0.1, 0.15) is 5.75 Å². The normalized spacial score (nSPS) is 10.0. The van der Waals surface area contributed by atoms with Crippen LogP contribution in [0.15, 0.2) is 12.1 Å². The van der Waals surface area contributed by atoms with Crippen LogP contribution >= 0.6 is 22.6 Å². The lowest BCUT2D eigenvalue weighted by atomic mass is 10.1. The van der Waals surface area contributed by atoms with Crippen LogP contribution < -0.4 is 4.74 Å². The lowest BCUT2D eigenvalue weighted by Crippen LogP contribution is -1.96. The fourth-order valence-electron chi connectivity index (χ4n) is 1.27. The molecule has 1 nitrogen and oxygen atoms in total. The van der Waals surface area contributed by atoms with Gasteiger partial charge in [0.2, 0.25) is 0 Å². The van der Waals surface area contributed by atoms with Crippen molar-refractivity contribution in [2.24, 2.45) is 0 Å². The molecule has 0 heterocycles. The summed E-state index contributed by atoms with van der Waals surface area (Å²) in [6.45, 7) is 6.92. The molecule has 0 fully saturated rings. The van der Waals surface area contributed by atoms with Crippen molar-refractivity contribution in [3.63, 3.8) is 0 Å². The molecule has 0 atom stereocenters. The topological polar surface area (TPSA) is 9.23 Å². The van der Waals surface area contributed by atoms with E-state index in [4.69, 9.17) is 4.74 Å². The standard InChI is InChI=1S/C10H13IO/c1-4-12-10-7(2)5-9(11)6-8(10)3/h5-6H,4H2,1-3H3. The van der Waals surface area contributed by atoms with Gasteiger partial charge in [-0.1, -0.05) is 0 Å². The Balaban J connectivity index is 3.10. The average Bonchev–Trinajstić information content (AvgIpc) is 1.96. The molecule has 2 heteroatoms. The minimum absolute atomic E-state index is 0.738. The smallest absolute Gasteiger partial charge is 0.125 e. The maximum atomic E-state index is 5.52. The second-order valence-electron chi connectivity index (χ2n) is 2.80. The highest BCUT2D eigenvalue weighted by molar-refractivity contribution is 14.1. The van der Waals surface area contributed by atoms with Crippen molar-refractivity contribution in [2.75, 3.05) is 6.61 Å². The van der Waals surface area contributed by atoms with Crippen LogP contribution in [0.4, 0.5) is 0 Å². The van der Waals surface area contributed by atoms with Crippen LogP contribution in [0, 0.1) is 17.4 Å². The highest BCUT2D eigenvalue weighted by Crippen LogP contribution is 2.25. The molecule has 0 bridgehead atoms. The molecular weight excluding hydrogens is 263 g/mol. The SMILES string of the molecule is CCOc1c(C)cc(I)cc1C. The van der Waals surface area contributed by atoms with E-state index >= 15 is 0 Å². The Morgan fingerprint density at radius 1 is 1.25 bits per heavy atom. The average molecular weight is 276 g/mol. The molecule has 0 aliphatic heterocycles. The second-order valence-corrected chi connectivity index (χ2v) is 4.05. The third-order valence-corrected chi connectivity index (χ3v) is 2.34. The summed E-state index contributed by atoms with van der Waals surface area (Å²) >= 11 is 2.32. The Labute approximate surface area is 87.3 Å². The van der Waals surface area contributed by atoms with Gasteiger partial charge in [0.15, 0.2) is 0 Å². The van der Waals surface area contributed by atoms with E-state index < -0.39 is 0 Å². The Kier molecular flexibility index (Phi) is 3.38. The first-order chi connectivity index (χ1) is 5.65. The van der Waals surface area contributed by atoms with Crippen LogP contribution in [0.2, 0.25) is 0 Å². The van der Waals surface area contributed by atoms with Crippen molar-refractivity contribution in [3.05, 3.63) is 26.8 Å². The molecular formula is C10H13IO. The predicted molar refractivity (Wildman–Crippen MR) is 59.8 cm³/mol. The number of benzene rings is 1. The maximum absolute atomic E-state index is 5.52. The number of ether oxygens (including phenoxy) is 1. The molecule has 1 rings (SSSR count). The fourth-order valence-corrected chi connectivity index (χ4v) is 2.20. The third kappa shape index (κ3) is 2.12. The molecule has 1 aromatic rings. The van der Waals surface area contributed by atoms with Gasteiger partial charge in [-0.05, 0) is 66.6 Å². The van der Waals surface area contributed by atoms with E-state index in [0.717, 1.165) is 12.4 Å². The summed E-state index contributed by atoms with van der Waals surface area (Å²) < 4.78 is 6.79. The summed E-state index contributed by atoms with van der Waals surface area (Å²) in [7, 11) is 0. The molecule has 0 unspecified atom stereocenters. The fraction of sp³-hybridized carbons (Fsp3) is 0.400. The first-order valence-corrected chi connectivity index (χ1v) is 5.12. The van der Waals surface area contributed by atoms with Crippen LogP contribution in [0.25, 0.3) is 0 Å². The van der Waals surface area contributed by atoms with Gasteiger partial charge in [-0.2, -0.15) is 0 Å². The summed E-state index contributed by atoms with van der Waals surface area (Å²) in [5.74, 6) is 1.04.